The first-order valence-electron chi connectivity index (χ1n) is 27.5. The standard InChI is InChI=1S/C60H66N10O9S2/c1-30-33(4)81-59-50(30)51(64-45(26-49(72)73)54-67-66-34(5)70(54)59)36-13-15-41(16-14-36)68-20-19-38(27-68)55(74)63-40-23-44(24-40)78-43-17-18-47-39(21-43)22-48(79-47)57(76)65-53(60(6,7)8)58(77)69-28-42(71)25-46(69)56(75)62-31(2)35-9-11-37(12-10-35)52-32(3)61-29-80-52/h9-18,21-22,29,31,38,40,42,44-46,53,71H,19-20,23-28H2,1-8H3,(H,62,75)(H,63,74)(H,65,76)(H,72,73)/t31-,38+,40?,42+,44?,45-,46-,53+/m0/s1. The van der Waals surface area contributed by atoms with E-state index in [9.17, 15) is 34.2 Å². The Morgan fingerprint density at radius 2 is 1.63 bits per heavy atom. The summed E-state index contributed by atoms with van der Waals surface area (Å²) in [7, 11) is 0. The number of carboxylic acids is 1. The van der Waals surface area contributed by atoms with Crippen LogP contribution in [0.3, 0.4) is 0 Å². The van der Waals surface area contributed by atoms with Crippen molar-refractivity contribution >= 4 is 74.6 Å². The highest BCUT2D eigenvalue weighted by molar-refractivity contribution is 7.15. The lowest BCUT2D eigenvalue weighted by Gasteiger charge is -2.36. The number of aromatic nitrogens is 4. The summed E-state index contributed by atoms with van der Waals surface area (Å²) >= 11 is 3.19. The number of hydrogen-bond acceptors (Lipinski definition) is 15. The highest BCUT2D eigenvalue weighted by atomic mass is 32.1. The molecule has 21 heteroatoms. The number of carboxylic acid groups (broad SMARTS) is 1. The molecule has 5 N–H and O–H groups in total. The summed E-state index contributed by atoms with van der Waals surface area (Å²) in [5, 5.41) is 40.0. The maximum absolute atomic E-state index is 14.4. The number of rotatable bonds is 15. The molecule has 7 heterocycles. The third kappa shape index (κ3) is 11.1. The quantitative estimate of drug-likeness (QED) is 0.0649. The molecule has 1 aliphatic carbocycles. The number of aryl methyl sites for hydroxylation is 3. The van der Waals surface area contributed by atoms with Gasteiger partial charge in [-0.3, -0.25) is 33.5 Å². The topological polar surface area (TPSA) is 247 Å². The second-order valence-electron chi connectivity index (χ2n) is 23.0. The van der Waals surface area contributed by atoms with Crippen LogP contribution in [-0.2, 0) is 19.2 Å². The number of thiazole rings is 1. The first-order chi connectivity index (χ1) is 38.7. The van der Waals surface area contributed by atoms with E-state index in [0.717, 1.165) is 66.2 Å². The van der Waals surface area contributed by atoms with Crippen molar-refractivity contribution in [2.24, 2.45) is 16.3 Å². The Balaban J connectivity index is 0.668. The molecular weight excluding hydrogens is 1070 g/mol. The summed E-state index contributed by atoms with van der Waals surface area (Å²) in [5.74, 6) is -0.834. The Morgan fingerprint density at radius 3 is 2.33 bits per heavy atom. The first kappa shape index (κ1) is 55.2. The molecule has 11 rings (SSSR count). The number of thiophene rings is 1. The SMILES string of the molecule is Cc1ncsc1-c1ccc([C@H](C)NC(=O)[C@@H]2C[C@@H](O)CN2C(=O)[C@@H](NC(=O)c2cc3cc(OC4CC(NC(=O)[C@@H]5CCN(c6ccc(C7=N[C@@H](CC(=O)O)c8nnc(C)n8-c8sc(C)c(C)c87)cc6)C5)C4)ccc3o2)C(C)(C)C)cc1. The Hall–Kier alpha value is -7.75. The average molecular weight is 1140 g/mol. The second-order valence-corrected chi connectivity index (χ2v) is 25.0. The third-order valence-electron chi connectivity index (χ3n) is 16.2. The van der Waals surface area contributed by atoms with Gasteiger partial charge in [0.15, 0.2) is 11.6 Å². The van der Waals surface area contributed by atoms with Crippen LogP contribution in [0.1, 0.15) is 127 Å². The molecule has 19 nitrogen and oxygen atoms in total. The molecule has 7 aromatic rings. The zero-order chi connectivity index (χ0) is 57.2. The number of carbonyl (C=O) groups is 5. The van der Waals surface area contributed by atoms with Crippen molar-refractivity contribution in [2.75, 3.05) is 24.5 Å². The van der Waals surface area contributed by atoms with E-state index in [0.29, 0.717) is 54.2 Å². The summed E-state index contributed by atoms with van der Waals surface area (Å²) in [5.41, 5.74) is 8.97. The molecular formula is C60H66N10O9S2. The molecule has 4 aliphatic rings. The lowest BCUT2D eigenvalue weighted by molar-refractivity contribution is -0.142. The normalized spacial score (nSPS) is 21.3. The van der Waals surface area contributed by atoms with Gasteiger partial charge in [-0.1, -0.05) is 57.2 Å². The van der Waals surface area contributed by atoms with Gasteiger partial charge in [-0.05, 0) is 99.5 Å². The number of fused-ring (bicyclic) bond motifs is 4. The number of furan rings is 1. The van der Waals surface area contributed by atoms with E-state index in [1.165, 1.54) is 4.90 Å². The lowest BCUT2D eigenvalue weighted by Crippen LogP contribution is -2.57. The van der Waals surface area contributed by atoms with Crippen LogP contribution in [0.15, 0.2) is 87.7 Å². The van der Waals surface area contributed by atoms with Gasteiger partial charge in [0.1, 0.15) is 46.4 Å². The Bertz CT molecular complexity index is 3610. The monoisotopic (exact) mass is 1130 g/mol. The van der Waals surface area contributed by atoms with Crippen molar-refractivity contribution in [3.63, 3.8) is 0 Å². The zero-order valence-corrected chi connectivity index (χ0v) is 48.1. The predicted molar refractivity (Wildman–Crippen MR) is 308 cm³/mol. The van der Waals surface area contributed by atoms with Crippen LogP contribution in [-0.4, -0.2) is 120 Å². The molecule has 0 unspecified atom stereocenters. The number of anilines is 1. The van der Waals surface area contributed by atoms with E-state index < -0.39 is 53.3 Å². The molecule has 81 heavy (non-hydrogen) atoms. The first-order valence-corrected chi connectivity index (χ1v) is 29.2. The molecule has 3 fully saturated rings. The van der Waals surface area contributed by atoms with Crippen LogP contribution in [0.25, 0.3) is 26.4 Å². The smallest absolute Gasteiger partial charge is 0.306 e. The lowest BCUT2D eigenvalue weighted by atomic mass is 9.85. The largest absolute Gasteiger partial charge is 0.490 e. The molecule has 6 atom stereocenters. The fourth-order valence-electron chi connectivity index (χ4n) is 11.4. The fraction of sp³-hybridized carbons (Fsp3) is 0.417. The molecule has 1 saturated carbocycles. The van der Waals surface area contributed by atoms with Gasteiger partial charge in [-0.2, -0.15) is 0 Å². The number of aliphatic imine (C=N–C) groups is 1. The van der Waals surface area contributed by atoms with Crippen molar-refractivity contribution in [1.82, 2.24) is 40.6 Å². The van der Waals surface area contributed by atoms with Crippen molar-refractivity contribution in [3.05, 3.63) is 129 Å². The van der Waals surface area contributed by atoms with Crippen LogP contribution in [0.4, 0.5) is 5.69 Å². The second kappa shape index (κ2) is 22.0. The number of ether oxygens (including phenoxy) is 1. The van der Waals surface area contributed by atoms with Crippen LogP contribution < -0.4 is 25.6 Å². The summed E-state index contributed by atoms with van der Waals surface area (Å²) in [6.07, 6.45) is 0.792. The Kier molecular flexibility index (Phi) is 15.0. The number of nitrogens with one attached hydrogen (secondary N) is 3. The van der Waals surface area contributed by atoms with E-state index in [4.69, 9.17) is 14.1 Å². The Morgan fingerprint density at radius 1 is 0.889 bits per heavy atom. The molecule has 3 aromatic carbocycles. The van der Waals surface area contributed by atoms with E-state index in [1.807, 2.05) is 100 Å². The summed E-state index contributed by atoms with van der Waals surface area (Å²) in [6, 6.07) is 19.8. The van der Waals surface area contributed by atoms with Gasteiger partial charge >= 0.3 is 5.97 Å². The Labute approximate surface area is 476 Å². The minimum atomic E-state index is -1.06. The number of hydrogen-bond donors (Lipinski definition) is 5. The van der Waals surface area contributed by atoms with Gasteiger partial charge in [0, 0.05) is 72.0 Å². The third-order valence-corrected chi connectivity index (χ3v) is 18.3. The zero-order valence-electron chi connectivity index (χ0n) is 46.5. The van der Waals surface area contributed by atoms with Gasteiger partial charge in [-0.25, -0.2) is 4.98 Å². The number of aliphatic hydroxyl groups is 1. The summed E-state index contributed by atoms with van der Waals surface area (Å²) in [4.78, 5) is 83.0. The van der Waals surface area contributed by atoms with Crippen LogP contribution in [0.2, 0.25) is 0 Å². The molecule has 0 spiro atoms. The van der Waals surface area contributed by atoms with Crippen molar-refractivity contribution in [1.29, 1.82) is 0 Å². The summed E-state index contributed by atoms with van der Waals surface area (Å²) < 4.78 is 14.3. The predicted octanol–water partition coefficient (Wildman–Crippen LogP) is 8.34. The maximum atomic E-state index is 14.4. The van der Waals surface area contributed by atoms with Crippen molar-refractivity contribution < 1.29 is 43.3 Å². The van der Waals surface area contributed by atoms with Gasteiger partial charge in [0.2, 0.25) is 17.7 Å². The molecule has 422 valence electrons. The fourth-order valence-corrected chi connectivity index (χ4v) is 13.5. The van der Waals surface area contributed by atoms with Crippen molar-refractivity contribution in [2.45, 2.75) is 130 Å². The number of carbonyl (C=O) groups excluding carboxylic acids is 4. The van der Waals surface area contributed by atoms with Crippen molar-refractivity contribution in [3.8, 4) is 21.2 Å². The molecule has 0 bridgehead atoms. The van der Waals surface area contributed by atoms with E-state index in [1.54, 1.807) is 46.9 Å². The number of amides is 4. The maximum Gasteiger partial charge on any atom is 0.306 e. The number of benzene rings is 3. The number of aliphatic carboxylic acids is 1. The van der Waals surface area contributed by atoms with Crippen LogP contribution in [0, 0.1) is 39.0 Å². The number of likely N-dealkylation sites (tertiary alicyclic amines) is 1. The minimum absolute atomic E-state index is 0.00152. The number of nitrogens with zero attached hydrogens (tertiary/aromatic N) is 7. The van der Waals surface area contributed by atoms with Gasteiger partial charge in [0.05, 0.1) is 46.3 Å². The van der Waals surface area contributed by atoms with Gasteiger partial charge < -0.3 is 45.1 Å². The van der Waals surface area contributed by atoms with Gasteiger partial charge in [0.25, 0.3) is 5.91 Å². The molecule has 4 amide bonds. The van der Waals surface area contributed by atoms with E-state index in [2.05, 4.69) is 49.9 Å². The molecule has 3 aliphatic heterocycles. The average Bonchev–Trinajstić information content (AvgIpc) is 4.36. The number of aliphatic hydroxyl groups excluding tert-OH is 1. The number of β-amino-alcohol motifs (C(OH)–C–C–N with tert-alkyl or cyclic N) is 1. The molecule has 4 aromatic heterocycles. The summed E-state index contributed by atoms with van der Waals surface area (Å²) in [6.45, 7) is 16.6. The van der Waals surface area contributed by atoms with E-state index >= 15 is 0 Å². The minimum Gasteiger partial charge on any atom is -0.490 e. The molecule has 0 radical (unpaired) electrons. The highest BCUT2D eigenvalue weighted by Gasteiger charge is 2.45. The van der Waals surface area contributed by atoms with Crippen LogP contribution >= 0.6 is 22.7 Å². The highest BCUT2D eigenvalue weighted by Crippen LogP contribution is 2.41. The van der Waals surface area contributed by atoms with Gasteiger partial charge in [-0.15, -0.1) is 32.9 Å². The van der Waals surface area contributed by atoms with E-state index in [-0.39, 0.29) is 55.2 Å². The molecule has 2 saturated heterocycles. The van der Waals surface area contributed by atoms with Crippen LogP contribution in [0.5, 0.6) is 5.75 Å².